The van der Waals surface area contributed by atoms with Crippen LogP contribution in [0.4, 0.5) is 0 Å². The van der Waals surface area contributed by atoms with E-state index in [4.69, 9.17) is 24.1 Å². The van der Waals surface area contributed by atoms with E-state index in [0.29, 0.717) is 0 Å². The number of hydrogen-bond acceptors (Lipinski definition) is 11. The van der Waals surface area contributed by atoms with Gasteiger partial charge in [0.15, 0.2) is 5.78 Å². The lowest BCUT2D eigenvalue weighted by molar-refractivity contribution is -0.340. The molecule has 0 aromatic heterocycles. The Hall–Kier alpha value is -2.38. The molecule has 0 saturated carbocycles. The van der Waals surface area contributed by atoms with Gasteiger partial charge in [-0.15, -0.1) is 0 Å². The lowest BCUT2D eigenvalue weighted by Crippen LogP contribution is -2.31. The van der Waals surface area contributed by atoms with E-state index < -0.39 is 17.9 Å². The number of hydrogen-bond donors (Lipinski definition) is 1. The third-order valence-corrected chi connectivity index (χ3v) is 3.13. The van der Waals surface area contributed by atoms with Crippen LogP contribution >= 0.6 is 0 Å². The van der Waals surface area contributed by atoms with Gasteiger partial charge in [0.2, 0.25) is 0 Å². The SMILES string of the molecule is C.CO.COC(=O)C(C(C)=O)=C(C)OC.COC(=O)CC(C)=O.COC(C)(OC)OC.O. The van der Waals surface area contributed by atoms with Crippen molar-refractivity contribution in [2.75, 3.05) is 49.8 Å². The molecule has 0 aliphatic heterocycles. The third kappa shape index (κ3) is 23.9. The number of carbonyl (C=O) groups is 4. The van der Waals surface area contributed by atoms with E-state index in [1.165, 1.54) is 63.4 Å². The van der Waals surface area contributed by atoms with Gasteiger partial charge >= 0.3 is 11.9 Å². The molecule has 0 bridgehead atoms. The summed E-state index contributed by atoms with van der Waals surface area (Å²) in [7, 11) is 9.42. The zero-order valence-corrected chi connectivity index (χ0v) is 20.2. The van der Waals surface area contributed by atoms with E-state index in [2.05, 4.69) is 9.47 Å². The smallest absolute Gasteiger partial charge is 0.344 e. The number of rotatable bonds is 8. The average molecular weight is 475 g/mol. The van der Waals surface area contributed by atoms with Crippen molar-refractivity contribution in [3.8, 4) is 0 Å². The zero-order valence-electron chi connectivity index (χ0n) is 20.2. The molecule has 0 fully saturated rings. The van der Waals surface area contributed by atoms with Crippen molar-refractivity contribution in [1.82, 2.24) is 0 Å². The normalized spacial score (nSPS) is 9.62. The molecule has 0 amide bonds. The first kappa shape index (κ1) is 43.5. The molecule has 0 aromatic carbocycles. The topological polar surface area (TPSA) is 175 Å². The monoisotopic (exact) mass is 474 g/mol. The molecule has 0 aromatic rings. The van der Waals surface area contributed by atoms with Crippen molar-refractivity contribution in [2.45, 2.75) is 47.5 Å². The summed E-state index contributed by atoms with van der Waals surface area (Å²) >= 11 is 0. The van der Waals surface area contributed by atoms with Gasteiger partial charge < -0.3 is 39.0 Å². The molecular weight excluding hydrogens is 432 g/mol. The number of esters is 2. The number of aliphatic hydroxyl groups is 1. The Labute approximate surface area is 191 Å². The molecule has 12 heteroatoms. The van der Waals surface area contributed by atoms with Crippen LogP contribution in [0.1, 0.15) is 41.5 Å². The molecule has 3 N–H and O–H groups in total. The Morgan fingerprint density at radius 2 is 1.12 bits per heavy atom. The van der Waals surface area contributed by atoms with Crippen LogP contribution in [0.3, 0.4) is 0 Å². The van der Waals surface area contributed by atoms with Gasteiger partial charge in [0.05, 0.1) is 21.3 Å². The molecule has 0 heterocycles. The molecule has 0 radical (unpaired) electrons. The molecule has 0 aliphatic rings. The quantitative estimate of drug-likeness (QED) is 0.132. The van der Waals surface area contributed by atoms with Gasteiger partial charge in [-0.05, 0) is 20.8 Å². The molecule has 0 spiro atoms. The predicted molar refractivity (Wildman–Crippen MR) is 118 cm³/mol. The zero-order chi connectivity index (χ0) is 24.9. The molecule has 0 unspecified atom stereocenters. The first-order chi connectivity index (χ1) is 13.9. The van der Waals surface area contributed by atoms with Crippen molar-refractivity contribution in [3.05, 3.63) is 11.3 Å². The second-order valence-electron chi connectivity index (χ2n) is 5.11. The summed E-state index contributed by atoms with van der Waals surface area (Å²) in [4.78, 5) is 42.2. The number of allylic oxidation sites excluding steroid dienone is 1. The Balaban J connectivity index is -0.0000000758. The summed E-state index contributed by atoms with van der Waals surface area (Å²) in [6.45, 7) is 5.85. The minimum atomic E-state index is -0.875. The maximum atomic E-state index is 11.0. The highest BCUT2D eigenvalue weighted by Crippen LogP contribution is 2.08. The number of aliphatic hydroxyl groups excluding tert-OH is 1. The largest absolute Gasteiger partial charge is 0.500 e. The maximum Gasteiger partial charge on any atom is 0.344 e. The van der Waals surface area contributed by atoms with Gasteiger partial charge in [0.1, 0.15) is 23.5 Å². The number of Topliss-reactive ketones (excluding diaryl/α,β-unsaturated/α-hetero) is 2. The van der Waals surface area contributed by atoms with Crippen LogP contribution in [0, 0.1) is 0 Å². The van der Waals surface area contributed by atoms with Gasteiger partial charge in [-0.1, -0.05) is 7.43 Å². The summed E-state index contributed by atoms with van der Waals surface area (Å²) in [6, 6.07) is 0. The molecular formula is C20H42O12. The Kier molecular flexibility index (Phi) is 36.2. The van der Waals surface area contributed by atoms with Gasteiger partial charge in [-0.2, -0.15) is 0 Å². The van der Waals surface area contributed by atoms with E-state index in [1.54, 1.807) is 6.92 Å². The Bertz CT molecular complexity index is 528. The van der Waals surface area contributed by atoms with Crippen LogP contribution in [0.5, 0.6) is 0 Å². The molecule has 0 rings (SSSR count). The highest BCUT2D eigenvalue weighted by molar-refractivity contribution is 6.16. The molecule has 0 aliphatic carbocycles. The van der Waals surface area contributed by atoms with Crippen LogP contribution in [0.15, 0.2) is 11.3 Å². The van der Waals surface area contributed by atoms with Crippen LogP contribution in [-0.4, -0.2) is 89.8 Å². The lowest BCUT2D eigenvalue weighted by Gasteiger charge is -2.23. The average Bonchev–Trinajstić information content (AvgIpc) is 2.74. The van der Waals surface area contributed by atoms with Crippen molar-refractivity contribution in [2.24, 2.45) is 0 Å². The molecule has 194 valence electrons. The number of carbonyl (C=O) groups excluding carboxylic acids is 4. The predicted octanol–water partition coefficient (Wildman–Crippen LogP) is 0.827. The molecule has 32 heavy (non-hydrogen) atoms. The fourth-order valence-electron chi connectivity index (χ4n) is 1.26. The van der Waals surface area contributed by atoms with Gasteiger partial charge in [0.25, 0.3) is 5.97 Å². The van der Waals surface area contributed by atoms with Crippen LogP contribution < -0.4 is 0 Å². The number of ketones is 2. The van der Waals surface area contributed by atoms with Gasteiger partial charge in [0, 0.05) is 35.4 Å². The highest BCUT2D eigenvalue weighted by atomic mass is 16.9. The third-order valence-electron chi connectivity index (χ3n) is 3.13. The minimum Gasteiger partial charge on any atom is -0.500 e. The summed E-state index contributed by atoms with van der Waals surface area (Å²) in [5.74, 6) is -2.27. The van der Waals surface area contributed by atoms with Gasteiger partial charge in [-0.3, -0.25) is 14.4 Å². The molecule has 0 atom stereocenters. The van der Waals surface area contributed by atoms with Crippen LogP contribution in [0.25, 0.3) is 0 Å². The molecule has 0 saturated heterocycles. The van der Waals surface area contributed by atoms with Crippen LogP contribution in [-0.2, 0) is 47.6 Å². The van der Waals surface area contributed by atoms with E-state index >= 15 is 0 Å². The number of methoxy groups -OCH3 is 6. The summed E-state index contributed by atoms with van der Waals surface area (Å²) in [5.41, 5.74) is -0.0417. The minimum absolute atomic E-state index is 0. The van der Waals surface area contributed by atoms with Crippen molar-refractivity contribution in [3.63, 3.8) is 0 Å². The van der Waals surface area contributed by atoms with E-state index in [-0.39, 0.29) is 42.2 Å². The van der Waals surface area contributed by atoms with Crippen molar-refractivity contribution in [1.29, 1.82) is 0 Å². The first-order valence-electron chi connectivity index (χ1n) is 8.40. The highest BCUT2D eigenvalue weighted by Gasteiger charge is 2.20. The number of ether oxygens (including phenoxy) is 6. The standard InChI is InChI=1S/C8H12O4.C5H12O3.C5H8O3.CH4O.CH4.H2O/c1-5(9)7(6(2)11-3)8(10)12-4;1-5(6-2,7-3)8-4;1-4(6)3-5(7)8-2;1-2;;/h1-4H3;1-4H3;3H2,1-2H3;2H,1H3;1H4;1H2. The molecule has 12 nitrogen and oxygen atoms in total. The first-order valence-corrected chi connectivity index (χ1v) is 8.40. The maximum absolute atomic E-state index is 11.0. The van der Waals surface area contributed by atoms with Gasteiger partial charge in [-0.25, -0.2) is 4.79 Å². The lowest BCUT2D eigenvalue weighted by atomic mass is 10.1. The fourth-order valence-corrected chi connectivity index (χ4v) is 1.26. The summed E-state index contributed by atoms with van der Waals surface area (Å²) in [6.07, 6.45) is -0.115. The fraction of sp³-hybridized carbons (Fsp3) is 0.700. The van der Waals surface area contributed by atoms with E-state index in [1.807, 2.05) is 0 Å². The van der Waals surface area contributed by atoms with Crippen molar-refractivity contribution >= 4 is 23.5 Å². The second-order valence-corrected chi connectivity index (χ2v) is 5.11. The van der Waals surface area contributed by atoms with Crippen LogP contribution in [0.2, 0.25) is 0 Å². The second kappa shape index (κ2) is 26.7. The van der Waals surface area contributed by atoms with E-state index in [0.717, 1.165) is 7.11 Å². The summed E-state index contributed by atoms with van der Waals surface area (Å²) < 4.78 is 27.7. The Morgan fingerprint density at radius 3 is 1.25 bits per heavy atom. The van der Waals surface area contributed by atoms with Crippen molar-refractivity contribution < 1.29 is 58.2 Å². The summed E-state index contributed by atoms with van der Waals surface area (Å²) in [5, 5.41) is 7.00. The van der Waals surface area contributed by atoms with E-state index in [9.17, 15) is 19.2 Å². The Morgan fingerprint density at radius 1 is 0.750 bits per heavy atom.